The van der Waals surface area contributed by atoms with E-state index in [2.05, 4.69) is 5.32 Å². The van der Waals surface area contributed by atoms with E-state index >= 15 is 0 Å². The van der Waals surface area contributed by atoms with E-state index in [-0.39, 0.29) is 12.0 Å². The predicted molar refractivity (Wildman–Crippen MR) is 63.3 cm³/mol. The zero-order valence-corrected chi connectivity index (χ0v) is 9.69. The van der Waals surface area contributed by atoms with Crippen LogP contribution in [0.1, 0.15) is 18.4 Å². The molecule has 16 heavy (non-hydrogen) atoms. The van der Waals surface area contributed by atoms with Gasteiger partial charge in [0, 0.05) is 5.69 Å². The van der Waals surface area contributed by atoms with Crippen molar-refractivity contribution in [1.29, 1.82) is 0 Å². The van der Waals surface area contributed by atoms with Crippen LogP contribution in [0.15, 0.2) is 24.3 Å². The van der Waals surface area contributed by atoms with Crippen LogP contribution >= 0.6 is 0 Å². The summed E-state index contributed by atoms with van der Waals surface area (Å²) in [7, 11) is 1.44. The van der Waals surface area contributed by atoms with Crippen molar-refractivity contribution in [1.82, 2.24) is 0 Å². The van der Waals surface area contributed by atoms with Crippen LogP contribution in [0.5, 0.6) is 0 Å². The molecule has 0 aromatic heterocycles. The number of ether oxygens (including phenoxy) is 1. The Labute approximate surface area is 95.8 Å². The summed E-state index contributed by atoms with van der Waals surface area (Å²) in [5.41, 5.74) is 2.17. The van der Waals surface area contributed by atoms with Gasteiger partial charge < -0.3 is 10.1 Å². The largest absolute Gasteiger partial charge is 0.467 e. The average Bonchev–Trinajstić information content (AvgIpc) is 3.09. The summed E-state index contributed by atoms with van der Waals surface area (Å²) < 4.78 is 4.81. The van der Waals surface area contributed by atoms with Gasteiger partial charge in [-0.25, -0.2) is 4.79 Å². The van der Waals surface area contributed by atoms with Gasteiger partial charge in [-0.3, -0.25) is 0 Å². The molecule has 0 aliphatic heterocycles. The first-order valence-electron chi connectivity index (χ1n) is 5.62. The third-order valence-electron chi connectivity index (χ3n) is 2.89. The molecule has 2 rings (SSSR count). The Bertz CT molecular complexity index is 385. The summed E-state index contributed by atoms with van der Waals surface area (Å²) in [6.45, 7) is 2.04. The van der Waals surface area contributed by atoms with E-state index in [0.29, 0.717) is 5.92 Å². The quantitative estimate of drug-likeness (QED) is 0.790. The van der Waals surface area contributed by atoms with Crippen molar-refractivity contribution in [3.63, 3.8) is 0 Å². The van der Waals surface area contributed by atoms with Crippen LogP contribution in [0.3, 0.4) is 0 Å². The normalized spacial score (nSPS) is 16.6. The van der Waals surface area contributed by atoms with Gasteiger partial charge in [0.25, 0.3) is 0 Å². The van der Waals surface area contributed by atoms with E-state index in [1.807, 2.05) is 31.2 Å². The Kier molecular flexibility index (Phi) is 3.13. The molecule has 0 heterocycles. The van der Waals surface area contributed by atoms with Crippen molar-refractivity contribution in [2.75, 3.05) is 12.4 Å². The summed E-state index contributed by atoms with van der Waals surface area (Å²) in [5.74, 6) is 0.275. The maximum Gasteiger partial charge on any atom is 0.328 e. The molecule has 1 aromatic rings. The number of aryl methyl sites for hydroxylation is 1. The van der Waals surface area contributed by atoms with E-state index in [1.54, 1.807) is 0 Å². The number of hydrogen-bond donors (Lipinski definition) is 1. The summed E-state index contributed by atoms with van der Waals surface area (Å²) in [4.78, 5) is 11.6. The second-order valence-corrected chi connectivity index (χ2v) is 4.35. The predicted octanol–water partition coefficient (Wildman–Crippen LogP) is 2.36. The molecule has 0 amide bonds. The number of carbonyl (C=O) groups excluding carboxylic acids is 1. The van der Waals surface area contributed by atoms with Gasteiger partial charge in [0.1, 0.15) is 6.04 Å². The van der Waals surface area contributed by atoms with E-state index in [1.165, 1.54) is 12.7 Å². The lowest BCUT2D eigenvalue weighted by Gasteiger charge is -2.17. The van der Waals surface area contributed by atoms with Crippen LogP contribution in [-0.4, -0.2) is 19.1 Å². The molecule has 1 aliphatic carbocycles. The standard InChI is InChI=1S/C13H17NO2/c1-9-4-3-5-11(8-9)14-12(10-6-7-10)13(15)16-2/h3-5,8,10,12,14H,6-7H2,1-2H3. The highest BCUT2D eigenvalue weighted by molar-refractivity contribution is 5.80. The van der Waals surface area contributed by atoms with Crippen LogP contribution in [0.25, 0.3) is 0 Å². The van der Waals surface area contributed by atoms with Gasteiger partial charge in [-0.2, -0.15) is 0 Å². The van der Waals surface area contributed by atoms with Crippen molar-refractivity contribution >= 4 is 11.7 Å². The number of esters is 1. The lowest BCUT2D eigenvalue weighted by Crippen LogP contribution is -2.32. The summed E-state index contributed by atoms with van der Waals surface area (Å²) >= 11 is 0. The van der Waals surface area contributed by atoms with Crippen LogP contribution < -0.4 is 5.32 Å². The highest BCUT2D eigenvalue weighted by Gasteiger charge is 2.36. The Morgan fingerprint density at radius 3 is 2.81 bits per heavy atom. The Morgan fingerprint density at radius 2 is 2.25 bits per heavy atom. The fourth-order valence-corrected chi connectivity index (χ4v) is 1.84. The van der Waals surface area contributed by atoms with Gasteiger partial charge in [0.15, 0.2) is 0 Å². The molecular weight excluding hydrogens is 202 g/mol. The van der Waals surface area contributed by atoms with E-state index in [9.17, 15) is 4.79 Å². The molecule has 3 nitrogen and oxygen atoms in total. The number of benzene rings is 1. The maximum absolute atomic E-state index is 11.6. The SMILES string of the molecule is COC(=O)C(Nc1cccc(C)c1)C1CC1. The zero-order chi connectivity index (χ0) is 11.5. The highest BCUT2D eigenvalue weighted by Crippen LogP contribution is 2.34. The number of hydrogen-bond acceptors (Lipinski definition) is 3. The lowest BCUT2D eigenvalue weighted by atomic mass is 10.1. The van der Waals surface area contributed by atoms with Gasteiger partial charge in [0.05, 0.1) is 7.11 Å². The minimum atomic E-state index is -0.188. The van der Waals surface area contributed by atoms with Crippen LogP contribution in [0.2, 0.25) is 0 Å². The first-order chi connectivity index (χ1) is 7.70. The van der Waals surface area contributed by atoms with E-state index in [0.717, 1.165) is 18.5 Å². The van der Waals surface area contributed by atoms with Gasteiger partial charge in [0.2, 0.25) is 0 Å². The third kappa shape index (κ3) is 2.54. The molecule has 1 aliphatic rings. The van der Waals surface area contributed by atoms with E-state index in [4.69, 9.17) is 4.74 Å². The molecule has 3 heteroatoms. The van der Waals surface area contributed by atoms with Crippen LogP contribution in [0.4, 0.5) is 5.69 Å². The highest BCUT2D eigenvalue weighted by atomic mass is 16.5. The van der Waals surface area contributed by atoms with Crippen LogP contribution in [-0.2, 0) is 9.53 Å². The third-order valence-corrected chi connectivity index (χ3v) is 2.89. The fraction of sp³-hybridized carbons (Fsp3) is 0.462. The zero-order valence-electron chi connectivity index (χ0n) is 9.69. The first-order valence-corrected chi connectivity index (χ1v) is 5.62. The minimum absolute atomic E-state index is 0.163. The van der Waals surface area contributed by atoms with Crippen molar-refractivity contribution in [2.45, 2.75) is 25.8 Å². The molecule has 0 bridgehead atoms. The number of carbonyl (C=O) groups is 1. The second kappa shape index (κ2) is 4.56. The van der Waals surface area contributed by atoms with Crippen molar-refractivity contribution < 1.29 is 9.53 Å². The smallest absolute Gasteiger partial charge is 0.328 e. The molecule has 0 spiro atoms. The Morgan fingerprint density at radius 1 is 1.50 bits per heavy atom. The average molecular weight is 219 g/mol. The molecule has 1 N–H and O–H groups in total. The first kappa shape index (κ1) is 11.0. The summed E-state index contributed by atoms with van der Waals surface area (Å²) in [6, 6.07) is 7.85. The summed E-state index contributed by atoms with van der Waals surface area (Å²) in [5, 5.41) is 3.26. The number of methoxy groups -OCH3 is 1. The Balaban J connectivity index is 2.08. The van der Waals surface area contributed by atoms with Gasteiger partial charge >= 0.3 is 5.97 Å². The number of rotatable bonds is 4. The number of anilines is 1. The molecule has 0 radical (unpaired) electrons. The molecule has 1 unspecified atom stereocenters. The molecule has 1 aromatic carbocycles. The summed E-state index contributed by atoms with van der Waals surface area (Å²) in [6.07, 6.45) is 2.22. The lowest BCUT2D eigenvalue weighted by molar-refractivity contribution is -0.142. The van der Waals surface area contributed by atoms with E-state index < -0.39 is 0 Å². The molecule has 1 saturated carbocycles. The molecule has 1 atom stereocenters. The Hall–Kier alpha value is -1.51. The van der Waals surface area contributed by atoms with Gasteiger partial charge in [-0.1, -0.05) is 12.1 Å². The minimum Gasteiger partial charge on any atom is -0.467 e. The maximum atomic E-state index is 11.6. The van der Waals surface area contributed by atoms with Crippen molar-refractivity contribution in [3.8, 4) is 0 Å². The van der Waals surface area contributed by atoms with Gasteiger partial charge in [-0.05, 0) is 43.4 Å². The second-order valence-electron chi connectivity index (χ2n) is 4.35. The number of nitrogens with one attached hydrogen (secondary N) is 1. The molecule has 0 saturated heterocycles. The topological polar surface area (TPSA) is 38.3 Å². The van der Waals surface area contributed by atoms with Crippen LogP contribution in [0, 0.1) is 12.8 Å². The fourth-order valence-electron chi connectivity index (χ4n) is 1.84. The van der Waals surface area contributed by atoms with Crippen molar-refractivity contribution in [2.24, 2.45) is 5.92 Å². The molecular formula is C13H17NO2. The monoisotopic (exact) mass is 219 g/mol. The van der Waals surface area contributed by atoms with Gasteiger partial charge in [-0.15, -0.1) is 0 Å². The molecule has 1 fully saturated rings. The molecule has 86 valence electrons. The van der Waals surface area contributed by atoms with Crippen molar-refractivity contribution in [3.05, 3.63) is 29.8 Å².